The minimum atomic E-state index is -4.42. The fourth-order valence-corrected chi connectivity index (χ4v) is 3.02. The normalized spacial score (nSPS) is 30.9. The molecule has 0 saturated carbocycles. The van der Waals surface area contributed by atoms with Crippen LogP contribution in [-0.4, -0.2) is 39.1 Å². The molecule has 0 aromatic carbocycles. The van der Waals surface area contributed by atoms with Crippen molar-refractivity contribution in [2.45, 2.75) is 37.4 Å². The molecular weight excluding hydrogens is 223 g/mol. The second-order valence-electron chi connectivity index (χ2n) is 4.28. The zero-order chi connectivity index (χ0) is 10.9. The van der Waals surface area contributed by atoms with Gasteiger partial charge in [-0.25, -0.2) is 0 Å². The fourth-order valence-electron chi connectivity index (χ4n) is 2.35. The highest BCUT2D eigenvalue weighted by molar-refractivity contribution is 7.86. The van der Waals surface area contributed by atoms with E-state index < -0.39 is 22.1 Å². The molecule has 2 heterocycles. The van der Waals surface area contributed by atoms with Crippen molar-refractivity contribution in [2.75, 3.05) is 19.0 Å². The number of hydrogen-bond acceptors (Lipinski definition) is 4. The van der Waals surface area contributed by atoms with E-state index in [2.05, 4.69) is 0 Å². The van der Waals surface area contributed by atoms with Crippen LogP contribution in [0.15, 0.2) is 0 Å². The van der Waals surface area contributed by atoms with Crippen molar-refractivity contribution in [3.8, 4) is 0 Å². The minimum Gasteiger partial charge on any atom is -0.381 e. The van der Waals surface area contributed by atoms with E-state index in [1.807, 2.05) is 0 Å². The third kappa shape index (κ3) is 2.89. The minimum absolute atomic E-state index is 0.242. The Morgan fingerprint density at radius 3 is 2.53 bits per heavy atom. The molecule has 0 aromatic rings. The molecule has 0 aromatic heterocycles. The number of hydrogen-bond donors (Lipinski definition) is 0. The van der Waals surface area contributed by atoms with E-state index in [9.17, 15) is 12.3 Å². The Hall–Kier alpha value is -0.200. The van der Waals surface area contributed by atoms with Gasteiger partial charge in [0, 0.05) is 13.2 Å². The molecule has 0 aliphatic carbocycles. The predicted octanol–water partition coefficient (Wildman–Crippen LogP) is 1.01. The van der Waals surface area contributed by atoms with Crippen molar-refractivity contribution in [1.29, 1.82) is 0 Å². The summed E-state index contributed by atoms with van der Waals surface area (Å²) in [5.41, 5.74) is -0.242. The highest BCUT2D eigenvalue weighted by Crippen LogP contribution is 2.38. The van der Waals surface area contributed by atoms with E-state index in [0.29, 0.717) is 19.6 Å². The van der Waals surface area contributed by atoms with Crippen LogP contribution >= 0.6 is 0 Å². The molecule has 2 aliphatic heterocycles. The zero-order valence-electron chi connectivity index (χ0n) is 8.45. The van der Waals surface area contributed by atoms with Gasteiger partial charge >= 0.3 is 10.2 Å². The van der Waals surface area contributed by atoms with Gasteiger partial charge in [-0.1, -0.05) is 0 Å². The molecular formula is C9H15FO4S. The van der Waals surface area contributed by atoms with Gasteiger partial charge in [-0.3, -0.25) is 0 Å². The highest BCUT2D eigenvalue weighted by atomic mass is 32.3. The van der Waals surface area contributed by atoms with Gasteiger partial charge in [0.15, 0.2) is 0 Å². The van der Waals surface area contributed by atoms with Crippen molar-refractivity contribution < 1.29 is 21.8 Å². The largest absolute Gasteiger partial charge is 0.381 e. The van der Waals surface area contributed by atoms with Crippen LogP contribution in [0.1, 0.15) is 25.7 Å². The van der Waals surface area contributed by atoms with Gasteiger partial charge in [-0.15, -0.1) is 3.89 Å². The molecule has 0 bridgehead atoms. The Bertz CT molecular complexity index is 321. The Kier molecular flexibility index (Phi) is 3.00. The summed E-state index contributed by atoms with van der Waals surface area (Å²) >= 11 is 0. The van der Waals surface area contributed by atoms with E-state index in [1.54, 1.807) is 0 Å². The third-order valence-electron chi connectivity index (χ3n) is 3.13. The van der Waals surface area contributed by atoms with Crippen molar-refractivity contribution in [3.63, 3.8) is 0 Å². The predicted molar refractivity (Wildman–Crippen MR) is 51.8 cm³/mol. The molecule has 4 nitrogen and oxygen atoms in total. The summed E-state index contributed by atoms with van der Waals surface area (Å²) in [5.74, 6) is -0.504. The number of rotatable bonds is 2. The summed E-state index contributed by atoms with van der Waals surface area (Å²) in [6.07, 6.45) is 2.55. The average Bonchev–Trinajstić information content (AvgIpc) is 2.47. The van der Waals surface area contributed by atoms with Crippen LogP contribution < -0.4 is 0 Å². The second-order valence-corrected chi connectivity index (χ2v) is 5.69. The van der Waals surface area contributed by atoms with Crippen molar-refractivity contribution in [2.24, 2.45) is 0 Å². The summed E-state index contributed by atoms with van der Waals surface area (Å²) in [6.45, 7) is 1.30. The molecule has 1 unspecified atom stereocenters. The molecule has 6 heteroatoms. The standard InChI is InChI=1S/C9H15FO4S/c10-15(11,12)7-8-1-2-9(14-8)3-5-13-6-4-9/h8H,1-7H2. The summed E-state index contributed by atoms with van der Waals surface area (Å²) in [4.78, 5) is 0. The van der Waals surface area contributed by atoms with Gasteiger partial charge in [-0.05, 0) is 25.7 Å². The van der Waals surface area contributed by atoms with Crippen molar-refractivity contribution >= 4 is 10.2 Å². The fraction of sp³-hybridized carbons (Fsp3) is 1.00. The average molecular weight is 238 g/mol. The molecule has 0 radical (unpaired) electrons. The van der Waals surface area contributed by atoms with Crippen LogP contribution in [0.4, 0.5) is 3.89 Å². The first-order chi connectivity index (χ1) is 6.99. The second kappa shape index (κ2) is 3.99. The first-order valence-corrected chi connectivity index (χ1v) is 6.72. The van der Waals surface area contributed by atoms with Crippen LogP contribution in [0.3, 0.4) is 0 Å². The molecule has 2 saturated heterocycles. The maximum atomic E-state index is 12.5. The van der Waals surface area contributed by atoms with E-state index in [1.165, 1.54) is 0 Å². The molecule has 2 fully saturated rings. The van der Waals surface area contributed by atoms with E-state index >= 15 is 0 Å². The summed E-state index contributed by atoms with van der Waals surface area (Å²) in [6, 6.07) is 0. The molecule has 15 heavy (non-hydrogen) atoms. The first-order valence-electron chi connectivity index (χ1n) is 5.17. The SMILES string of the molecule is O=S(=O)(F)CC1CCC2(CCOCC2)O1. The molecule has 2 rings (SSSR count). The van der Waals surface area contributed by atoms with Gasteiger partial charge < -0.3 is 9.47 Å². The Labute approximate surface area is 89.0 Å². The Morgan fingerprint density at radius 2 is 1.93 bits per heavy atom. The first kappa shape index (κ1) is 11.3. The van der Waals surface area contributed by atoms with Crippen molar-refractivity contribution in [3.05, 3.63) is 0 Å². The Balaban J connectivity index is 1.93. The van der Waals surface area contributed by atoms with E-state index in [0.717, 1.165) is 19.3 Å². The number of ether oxygens (including phenoxy) is 2. The van der Waals surface area contributed by atoms with Crippen LogP contribution in [0.2, 0.25) is 0 Å². The summed E-state index contributed by atoms with van der Waals surface area (Å²) < 4.78 is 44.3. The van der Waals surface area contributed by atoms with Gasteiger partial charge in [0.05, 0.1) is 11.7 Å². The molecule has 1 spiro atoms. The zero-order valence-corrected chi connectivity index (χ0v) is 9.26. The molecule has 88 valence electrons. The maximum absolute atomic E-state index is 12.5. The quantitative estimate of drug-likeness (QED) is 0.674. The van der Waals surface area contributed by atoms with Gasteiger partial charge in [0.1, 0.15) is 5.75 Å². The lowest BCUT2D eigenvalue weighted by Crippen LogP contribution is -2.37. The van der Waals surface area contributed by atoms with Crippen LogP contribution in [0, 0.1) is 0 Å². The van der Waals surface area contributed by atoms with Crippen molar-refractivity contribution in [1.82, 2.24) is 0 Å². The lowest BCUT2D eigenvalue weighted by atomic mass is 9.91. The molecule has 2 aliphatic rings. The molecule has 0 amide bonds. The summed E-state index contributed by atoms with van der Waals surface area (Å²) in [5, 5.41) is 0. The smallest absolute Gasteiger partial charge is 0.304 e. The van der Waals surface area contributed by atoms with Crippen LogP contribution in [-0.2, 0) is 19.7 Å². The lowest BCUT2D eigenvalue weighted by Gasteiger charge is -2.33. The third-order valence-corrected chi connectivity index (χ3v) is 3.90. The Morgan fingerprint density at radius 1 is 1.27 bits per heavy atom. The topological polar surface area (TPSA) is 52.6 Å². The lowest BCUT2D eigenvalue weighted by molar-refractivity contribution is -0.0980. The summed E-state index contributed by atoms with van der Waals surface area (Å²) in [7, 11) is -4.42. The van der Waals surface area contributed by atoms with Crippen LogP contribution in [0.5, 0.6) is 0 Å². The van der Waals surface area contributed by atoms with Gasteiger partial charge in [0.25, 0.3) is 0 Å². The van der Waals surface area contributed by atoms with E-state index in [4.69, 9.17) is 9.47 Å². The number of halogens is 1. The highest BCUT2D eigenvalue weighted by Gasteiger charge is 2.42. The van der Waals surface area contributed by atoms with Gasteiger partial charge in [-0.2, -0.15) is 8.42 Å². The molecule has 1 atom stereocenters. The van der Waals surface area contributed by atoms with E-state index in [-0.39, 0.29) is 5.60 Å². The monoisotopic (exact) mass is 238 g/mol. The maximum Gasteiger partial charge on any atom is 0.304 e. The molecule has 0 N–H and O–H groups in total. The van der Waals surface area contributed by atoms with Gasteiger partial charge in [0.2, 0.25) is 0 Å². The van der Waals surface area contributed by atoms with Crippen LogP contribution in [0.25, 0.3) is 0 Å².